The van der Waals surface area contributed by atoms with Gasteiger partial charge in [0.25, 0.3) is 0 Å². The molecule has 10 aromatic rings. The van der Waals surface area contributed by atoms with Gasteiger partial charge in [0.15, 0.2) is 5.82 Å². The number of fused-ring (bicyclic) bond motifs is 6. The fourth-order valence-electron chi connectivity index (χ4n) is 8.80. The first-order valence-electron chi connectivity index (χ1n) is 19.1. The molecule has 0 aliphatic heterocycles. The van der Waals surface area contributed by atoms with Crippen molar-refractivity contribution >= 4 is 21.9 Å². The molecule has 1 aliphatic carbocycles. The number of para-hydroxylation sites is 1. The number of hydrogen-bond donors (Lipinski definition) is 0. The predicted octanol–water partition coefficient (Wildman–Crippen LogP) is 13.4. The smallest absolute Gasteiger partial charge is 0.160 e. The fourth-order valence-corrected chi connectivity index (χ4v) is 8.80. The lowest BCUT2D eigenvalue weighted by Gasteiger charge is -2.34. The Morgan fingerprint density at radius 2 is 0.839 bits per heavy atom. The van der Waals surface area contributed by atoms with Gasteiger partial charge in [-0.15, -0.1) is 0 Å². The lowest BCUT2D eigenvalue weighted by Crippen LogP contribution is -2.28. The second-order valence-corrected chi connectivity index (χ2v) is 14.5. The van der Waals surface area contributed by atoms with E-state index >= 15 is 0 Å². The van der Waals surface area contributed by atoms with E-state index in [4.69, 9.17) is 14.4 Å². The number of aromatic nitrogens is 2. The van der Waals surface area contributed by atoms with Gasteiger partial charge in [0.2, 0.25) is 0 Å². The van der Waals surface area contributed by atoms with E-state index in [9.17, 15) is 0 Å². The molecule has 0 N–H and O–H groups in total. The van der Waals surface area contributed by atoms with Crippen LogP contribution in [-0.4, -0.2) is 9.97 Å². The topological polar surface area (TPSA) is 38.9 Å². The molecule has 0 bridgehead atoms. The third-order valence-corrected chi connectivity index (χ3v) is 11.4. The van der Waals surface area contributed by atoms with Crippen molar-refractivity contribution in [3.8, 4) is 56.2 Å². The van der Waals surface area contributed by atoms with Crippen LogP contribution in [0.4, 0.5) is 0 Å². The summed E-state index contributed by atoms with van der Waals surface area (Å²) in [6.07, 6.45) is 0. The van der Waals surface area contributed by atoms with Crippen LogP contribution >= 0.6 is 0 Å². The van der Waals surface area contributed by atoms with E-state index in [1.807, 2.05) is 30.3 Å². The van der Waals surface area contributed by atoms with E-state index in [0.717, 1.165) is 61.1 Å². The van der Waals surface area contributed by atoms with Gasteiger partial charge in [0.05, 0.1) is 16.8 Å². The van der Waals surface area contributed by atoms with E-state index in [-0.39, 0.29) is 0 Å². The lowest BCUT2D eigenvalue weighted by atomic mass is 9.67. The predicted molar refractivity (Wildman–Crippen MR) is 228 cm³/mol. The summed E-state index contributed by atoms with van der Waals surface area (Å²) in [5.41, 5.74) is 16.1. The highest BCUT2D eigenvalue weighted by atomic mass is 16.3. The zero-order valence-corrected chi connectivity index (χ0v) is 30.4. The number of hydrogen-bond acceptors (Lipinski definition) is 3. The molecule has 8 aromatic carbocycles. The first-order valence-corrected chi connectivity index (χ1v) is 19.1. The van der Waals surface area contributed by atoms with Crippen molar-refractivity contribution in [2.24, 2.45) is 0 Å². The van der Waals surface area contributed by atoms with Gasteiger partial charge in [0, 0.05) is 27.5 Å². The van der Waals surface area contributed by atoms with Gasteiger partial charge in [-0.3, -0.25) is 0 Å². The lowest BCUT2D eigenvalue weighted by molar-refractivity contribution is 0.669. The Balaban J connectivity index is 1.01. The summed E-state index contributed by atoms with van der Waals surface area (Å²) in [5.74, 6) is 0.697. The molecule has 0 atom stereocenters. The van der Waals surface area contributed by atoms with Crippen molar-refractivity contribution in [1.82, 2.24) is 9.97 Å². The normalized spacial score (nSPS) is 12.8. The van der Waals surface area contributed by atoms with E-state index in [2.05, 4.69) is 176 Å². The van der Waals surface area contributed by atoms with Crippen LogP contribution in [0.5, 0.6) is 0 Å². The molecule has 1 aliphatic rings. The van der Waals surface area contributed by atoms with Gasteiger partial charge in [-0.2, -0.15) is 0 Å². The van der Waals surface area contributed by atoms with Crippen LogP contribution in [0.25, 0.3) is 78.1 Å². The van der Waals surface area contributed by atoms with Crippen LogP contribution in [0.15, 0.2) is 211 Å². The highest BCUT2D eigenvalue weighted by Gasteiger charge is 2.45. The average molecular weight is 715 g/mol. The minimum absolute atomic E-state index is 0.448. The van der Waals surface area contributed by atoms with Crippen LogP contribution in [0.3, 0.4) is 0 Å². The van der Waals surface area contributed by atoms with Gasteiger partial charge in [-0.05, 0) is 68.8 Å². The van der Waals surface area contributed by atoms with Crippen LogP contribution in [0, 0.1) is 0 Å². The monoisotopic (exact) mass is 714 g/mol. The van der Waals surface area contributed by atoms with Crippen molar-refractivity contribution in [2.45, 2.75) is 5.41 Å². The van der Waals surface area contributed by atoms with Crippen LogP contribution in [-0.2, 0) is 5.41 Å². The van der Waals surface area contributed by atoms with Gasteiger partial charge in [-0.25, -0.2) is 9.97 Å². The van der Waals surface area contributed by atoms with Crippen molar-refractivity contribution in [3.63, 3.8) is 0 Å². The summed E-state index contributed by atoms with van der Waals surface area (Å²) in [6, 6.07) is 73.3. The molecule has 262 valence electrons. The molecule has 0 saturated carbocycles. The Bertz CT molecular complexity index is 3010. The third-order valence-electron chi connectivity index (χ3n) is 11.4. The van der Waals surface area contributed by atoms with Crippen molar-refractivity contribution in [3.05, 3.63) is 229 Å². The van der Waals surface area contributed by atoms with Gasteiger partial charge in [-0.1, -0.05) is 182 Å². The van der Waals surface area contributed by atoms with Gasteiger partial charge in [0.1, 0.15) is 11.2 Å². The first-order chi connectivity index (χ1) is 27.7. The minimum atomic E-state index is -0.448. The molecule has 56 heavy (non-hydrogen) atoms. The summed E-state index contributed by atoms with van der Waals surface area (Å²) < 4.78 is 6.09. The molecular formula is C53H34N2O. The molecular weight excluding hydrogens is 681 g/mol. The molecule has 2 aromatic heterocycles. The third kappa shape index (κ3) is 5.05. The molecule has 0 saturated heterocycles. The molecule has 0 amide bonds. The van der Waals surface area contributed by atoms with Gasteiger partial charge >= 0.3 is 0 Å². The summed E-state index contributed by atoms with van der Waals surface area (Å²) in [4.78, 5) is 10.3. The quantitative estimate of drug-likeness (QED) is 0.172. The molecule has 11 rings (SSSR count). The Kier molecular flexibility index (Phi) is 7.39. The average Bonchev–Trinajstić information content (AvgIpc) is 3.81. The fraction of sp³-hybridized carbons (Fsp3) is 0.0189. The largest absolute Gasteiger partial charge is 0.456 e. The molecule has 3 heteroatoms. The zero-order valence-electron chi connectivity index (χ0n) is 30.4. The summed E-state index contributed by atoms with van der Waals surface area (Å²) >= 11 is 0. The molecule has 0 fully saturated rings. The maximum Gasteiger partial charge on any atom is 0.160 e. The van der Waals surface area contributed by atoms with Crippen molar-refractivity contribution in [1.29, 1.82) is 0 Å². The van der Waals surface area contributed by atoms with Crippen LogP contribution in [0.2, 0.25) is 0 Å². The number of nitrogens with zero attached hydrogens (tertiary/aromatic N) is 2. The van der Waals surface area contributed by atoms with Crippen LogP contribution < -0.4 is 0 Å². The summed E-state index contributed by atoms with van der Waals surface area (Å²) in [5, 5.41) is 2.25. The van der Waals surface area contributed by atoms with E-state index in [0.29, 0.717) is 5.82 Å². The van der Waals surface area contributed by atoms with Crippen molar-refractivity contribution < 1.29 is 4.42 Å². The molecule has 0 spiro atoms. The number of benzene rings is 8. The maximum atomic E-state index is 6.09. The molecule has 0 unspecified atom stereocenters. The Morgan fingerprint density at radius 1 is 0.339 bits per heavy atom. The summed E-state index contributed by atoms with van der Waals surface area (Å²) in [6.45, 7) is 0. The molecule has 2 heterocycles. The van der Waals surface area contributed by atoms with E-state index < -0.39 is 5.41 Å². The minimum Gasteiger partial charge on any atom is -0.456 e. The van der Waals surface area contributed by atoms with Crippen molar-refractivity contribution in [2.75, 3.05) is 0 Å². The maximum absolute atomic E-state index is 6.09. The van der Waals surface area contributed by atoms with Gasteiger partial charge < -0.3 is 4.42 Å². The highest BCUT2D eigenvalue weighted by molar-refractivity contribution is 6.06. The standard InChI is InChI=1S/C53H34N2O/c1-3-13-38(14-4-1)52-54-48(36-25-23-35(24-26-36)39-29-32-51-45(33-39)44-19-9-12-22-50(44)56-51)34-49(55-52)37-27-30-41(31-28-37)53(40-15-5-2-6-16-40)46-20-10-7-17-42(46)43-18-8-11-21-47(43)53/h1-34H. The second kappa shape index (κ2) is 12.9. The molecule has 0 radical (unpaired) electrons. The van der Waals surface area contributed by atoms with Crippen LogP contribution in [0.1, 0.15) is 22.3 Å². The highest BCUT2D eigenvalue weighted by Crippen LogP contribution is 2.56. The number of furan rings is 1. The Labute approximate surface area is 325 Å². The zero-order chi connectivity index (χ0) is 37.1. The van der Waals surface area contributed by atoms with E-state index in [1.54, 1.807) is 0 Å². The summed E-state index contributed by atoms with van der Waals surface area (Å²) in [7, 11) is 0. The SMILES string of the molecule is c1ccc(-c2nc(-c3ccc(-c4ccc5oc6ccccc6c5c4)cc3)cc(-c3ccc(C4(c5ccccc5)c5ccccc5-c5ccccc54)cc3)n2)cc1. The Hall–Kier alpha value is -7.36. The Morgan fingerprint density at radius 3 is 1.52 bits per heavy atom. The van der Waals surface area contributed by atoms with E-state index in [1.165, 1.54) is 33.4 Å². The number of rotatable bonds is 6. The molecule has 3 nitrogen and oxygen atoms in total. The second-order valence-electron chi connectivity index (χ2n) is 14.5. The first kappa shape index (κ1) is 32.1.